The summed E-state index contributed by atoms with van der Waals surface area (Å²) in [6, 6.07) is 10.4. The quantitative estimate of drug-likeness (QED) is 0.429. The Kier molecular flexibility index (Phi) is 4.07. The van der Waals surface area contributed by atoms with Gasteiger partial charge in [-0.05, 0) is 37.1 Å². The number of anilines is 1. The van der Waals surface area contributed by atoms with Gasteiger partial charge in [-0.2, -0.15) is 0 Å². The lowest BCUT2D eigenvalue weighted by Gasteiger charge is -2.18. The van der Waals surface area contributed by atoms with Crippen LogP contribution in [0, 0.1) is 22.0 Å². The molecule has 2 amide bonds. The SMILES string of the molecule is O=C1[C@@H]2[C@@H](C(=O)N1c1cc(Oc3ccc(Cl)cc3)cc([N+](=O)[O-])c1)[C@@H]1CC[C@@H]2O1. The van der Waals surface area contributed by atoms with Gasteiger partial charge in [0.2, 0.25) is 11.8 Å². The lowest BCUT2D eigenvalue weighted by molar-refractivity contribution is -0.384. The average Bonchev–Trinajstić information content (AvgIpc) is 3.37. The number of amides is 2. The predicted octanol–water partition coefficient (Wildman–Crippen LogP) is 3.71. The molecule has 9 heteroatoms. The Labute approximate surface area is 170 Å². The zero-order valence-electron chi connectivity index (χ0n) is 15.0. The minimum absolute atomic E-state index is 0.131. The molecule has 5 rings (SSSR count). The van der Waals surface area contributed by atoms with E-state index in [-0.39, 0.29) is 41.1 Å². The molecule has 0 N–H and O–H groups in total. The molecule has 0 aliphatic carbocycles. The molecule has 2 aromatic rings. The number of imide groups is 1. The van der Waals surface area contributed by atoms with Gasteiger partial charge in [0, 0.05) is 17.2 Å². The fourth-order valence-corrected chi connectivity index (χ4v) is 4.59. The summed E-state index contributed by atoms with van der Waals surface area (Å²) in [7, 11) is 0. The molecular weight excluding hydrogens is 400 g/mol. The summed E-state index contributed by atoms with van der Waals surface area (Å²) < 4.78 is 11.4. The highest BCUT2D eigenvalue weighted by molar-refractivity contribution is 6.30. The van der Waals surface area contributed by atoms with Crippen molar-refractivity contribution in [1.29, 1.82) is 0 Å². The Morgan fingerprint density at radius 1 is 1.00 bits per heavy atom. The molecule has 0 aromatic heterocycles. The van der Waals surface area contributed by atoms with Crippen LogP contribution in [0.15, 0.2) is 42.5 Å². The number of nitro benzene ring substituents is 1. The molecule has 2 aromatic carbocycles. The molecule has 3 aliphatic heterocycles. The maximum Gasteiger partial charge on any atom is 0.275 e. The fourth-order valence-electron chi connectivity index (χ4n) is 4.47. The van der Waals surface area contributed by atoms with Crippen LogP contribution in [0.2, 0.25) is 5.02 Å². The first-order valence-corrected chi connectivity index (χ1v) is 9.56. The molecule has 2 bridgehead atoms. The first kappa shape index (κ1) is 18.1. The van der Waals surface area contributed by atoms with E-state index in [2.05, 4.69) is 0 Å². The zero-order valence-corrected chi connectivity index (χ0v) is 15.7. The van der Waals surface area contributed by atoms with Crippen molar-refractivity contribution in [2.24, 2.45) is 11.8 Å². The Hall–Kier alpha value is -2.97. The van der Waals surface area contributed by atoms with E-state index in [0.29, 0.717) is 10.8 Å². The standard InChI is InChI=1S/C20H15ClN2O6/c21-10-1-3-13(4-2-10)28-14-8-11(7-12(9-14)23(26)27)22-19(24)17-15-5-6-16(29-15)18(17)20(22)25/h1-4,7-9,15-18H,5-6H2/t15-,16-,17-,18-/m0/s1. The summed E-state index contributed by atoms with van der Waals surface area (Å²) in [5, 5.41) is 11.9. The molecule has 3 saturated heterocycles. The highest BCUT2D eigenvalue weighted by Gasteiger charge is 2.62. The van der Waals surface area contributed by atoms with E-state index in [1.807, 2.05) is 0 Å². The number of nitro groups is 1. The average molecular weight is 415 g/mol. The Morgan fingerprint density at radius 3 is 2.21 bits per heavy atom. The molecule has 3 aliphatic rings. The van der Waals surface area contributed by atoms with Crippen LogP contribution >= 0.6 is 11.6 Å². The maximum absolute atomic E-state index is 13.0. The number of carbonyl (C=O) groups excluding carboxylic acids is 2. The van der Waals surface area contributed by atoms with Crippen molar-refractivity contribution in [3.05, 3.63) is 57.6 Å². The molecule has 3 heterocycles. The van der Waals surface area contributed by atoms with Crippen molar-refractivity contribution in [2.45, 2.75) is 25.0 Å². The molecule has 3 fully saturated rings. The number of nitrogens with zero attached hydrogens (tertiary/aromatic N) is 2. The lowest BCUT2D eigenvalue weighted by Crippen LogP contribution is -2.34. The molecule has 4 atom stereocenters. The van der Waals surface area contributed by atoms with Gasteiger partial charge in [0.05, 0.1) is 40.7 Å². The van der Waals surface area contributed by atoms with Gasteiger partial charge in [-0.3, -0.25) is 19.7 Å². The number of carbonyl (C=O) groups is 2. The van der Waals surface area contributed by atoms with Crippen LogP contribution in [0.4, 0.5) is 11.4 Å². The number of non-ortho nitro benzene ring substituents is 1. The van der Waals surface area contributed by atoms with Crippen molar-refractivity contribution in [1.82, 2.24) is 0 Å². The van der Waals surface area contributed by atoms with Crippen molar-refractivity contribution < 1.29 is 24.0 Å². The number of ether oxygens (including phenoxy) is 2. The van der Waals surface area contributed by atoms with Gasteiger partial charge in [-0.15, -0.1) is 0 Å². The van der Waals surface area contributed by atoms with E-state index in [4.69, 9.17) is 21.1 Å². The van der Waals surface area contributed by atoms with Gasteiger partial charge in [0.1, 0.15) is 11.5 Å². The number of benzene rings is 2. The molecular formula is C20H15ClN2O6. The molecule has 0 radical (unpaired) electrons. The molecule has 0 unspecified atom stereocenters. The third-order valence-corrected chi connectivity index (χ3v) is 5.93. The number of rotatable bonds is 4. The largest absolute Gasteiger partial charge is 0.457 e. The van der Waals surface area contributed by atoms with Gasteiger partial charge in [0.15, 0.2) is 0 Å². The second-order valence-corrected chi connectivity index (χ2v) is 7.79. The van der Waals surface area contributed by atoms with Crippen LogP contribution in [-0.2, 0) is 14.3 Å². The van der Waals surface area contributed by atoms with E-state index in [9.17, 15) is 19.7 Å². The Bertz CT molecular complexity index is 1010. The van der Waals surface area contributed by atoms with Crippen LogP contribution < -0.4 is 9.64 Å². The minimum Gasteiger partial charge on any atom is -0.457 e. The van der Waals surface area contributed by atoms with Crippen LogP contribution in [0.25, 0.3) is 0 Å². The second kappa shape index (κ2) is 6.53. The maximum atomic E-state index is 13.0. The van der Waals surface area contributed by atoms with Gasteiger partial charge in [-0.25, -0.2) is 4.90 Å². The molecule has 0 spiro atoms. The smallest absolute Gasteiger partial charge is 0.275 e. The topological polar surface area (TPSA) is 99.0 Å². The molecule has 8 nitrogen and oxygen atoms in total. The molecule has 148 valence electrons. The van der Waals surface area contributed by atoms with Crippen LogP contribution in [0.1, 0.15) is 12.8 Å². The lowest BCUT2D eigenvalue weighted by atomic mass is 9.81. The van der Waals surface area contributed by atoms with Crippen LogP contribution in [0.3, 0.4) is 0 Å². The zero-order chi connectivity index (χ0) is 20.3. The second-order valence-electron chi connectivity index (χ2n) is 7.35. The van der Waals surface area contributed by atoms with Crippen molar-refractivity contribution in [3.8, 4) is 11.5 Å². The first-order chi connectivity index (χ1) is 13.9. The van der Waals surface area contributed by atoms with Crippen molar-refractivity contribution in [3.63, 3.8) is 0 Å². The Balaban J connectivity index is 1.52. The van der Waals surface area contributed by atoms with Gasteiger partial charge in [-0.1, -0.05) is 11.6 Å². The Morgan fingerprint density at radius 2 is 1.62 bits per heavy atom. The summed E-state index contributed by atoms with van der Waals surface area (Å²) in [6.07, 6.45) is 0.988. The molecule has 0 saturated carbocycles. The summed E-state index contributed by atoms with van der Waals surface area (Å²) in [5.41, 5.74) is -0.143. The summed E-state index contributed by atoms with van der Waals surface area (Å²) in [4.78, 5) is 37.8. The predicted molar refractivity (Wildman–Crippen MR) is 102 cm³/mol. The fraction of sp³-hybridized carbons (Fsp3) is 0.300. The van der Waals surface area contributed by atoms with Crippen molar-refractivity contribution >= 4 is 34.8 Å². The van der Waals surface area contributed by atoms with E-state index in [0.717, 1.165) is 17.7 Å². The normalized spacial score (nSPS) is 27.4. The van der Waals surface area contributed by atoms with Crippen LogP contribution in [0.5, 0.6) is 11.5 Å². The van der Waals surface area contributed by atoms with Gasteiger partial charge < -0.3 is 9.47 Å². The third kappa shape index (κ3) is 2.87. The third-order valence-electron chi connectivity index (χ3n) is 5.68. The van der Waals surface area contributed by atoms with E-state index in [1.165, 1.54) is 18.2 Å². The highest BCUT2D eigenvalue weighted by atomic mass is 35.5. The van der Waals surface area contributed by atoms with E-state index >= 15 is 0 Å². The summed E-state index contributed by atoms with van der Waals surface area (Å²) in [6.45, 7) is 0. The van der Waals surface area contributed by atoms with E-state index < -0.39 is 16.8 Å². The van der Waals surface area contributed by atoms with Gasteiger partial charge in [0.25, 0.3) is 5.69 Å². The number of fused-ring (bicyclic) bond motifs is 5. The van der Waals surface area contributed by atoms with E-state index in [1.54, 1.807) is 24.3 Å². The highest BCUT2D eigenvalue weighted by Crippen LogP contribution is 2.50. The monoisotopic (exact) mass is 414 g/mol. The molecule has 29 heavy (non-hydrogen) atoms. The number of halogens is 1. The number of hydrogen-bond acceptors (Lipinski definition) is 6. The van der Waals surface area contributed by atoms with Crippen molar-refractivity contribution in [2.75, 3.05) is 4.90 Å². The minimum atomic E-state index is -0.586. The summed E-state index contributed by atoms with van der Waals surface area (Å²) >= 11 is 5.86. The number of hydrogen-bond donors (Lipinski definition) is 0. The summed E-state index contributed by atoms with van der Waals surface area (Å²) in [5.74, 6) is -1.20. The van der Waals surface area contributed by atoms with Gasteiger partial charge >= 0.3 is 0 Å². The van der Waals surface area contributed by atoms with Crippen LogP contribution in [-0.4, -0.2) is 28.9 Å². The first-order valence-electron chi connectivity index (χ1n) is 9.18.